The van der Waals surface area contributed by atoms with Crippen LogP contribution in [0.5, 0.6) is 0 Å². The van der Waals surface area contributed by atoms with Gasteiger partial charge in [-0.3, -0.25) is 0 Å². The topological polar surface area (TPSA) is 0 Å². The second-order valence-electron chi connectivity index (χ2n) is 2.51. The fourth-order valence-corrected chi connectivity index (χ4v) is 3.01. The monoisotopic (exact) mass is 198 g/mol. The Hall–Kier alpha value is -0.0800. The fourth-order valence-electron chi connectivity index (χ4n) is 1.23. The summed E-state index contributed by atoms with van der Waals surface area (Å²) in [6.07, 6.45) is 5.41. The van der Waals surface area contributed by atoms with Gasteiger partial charge in [0, 0.05) is 9.79 Å². The van der Waals surface area contributed by atoms with Crippen LogP contribution in [0.4, 0.5) is 0 Å². The SMILES string of the molecule is CCc1cccc(SC)c1SC. The molecule has 2 heteroatoms. The van der Waals surface area contributed by atoms with Crippen molar-refractivity contribution in [3.8, 4) is 0 Å². The van der Waals surface area contributed by atoms with Gasteiger partial charge >= 0.3 is 0 Å². The van der Waals surface area contributed by atoms with E-state index in [1.807, 2.05) is 23.5 Å². The van der Waals surface area contributed by atoms with E-state index < -0.39 is 0 Å². The first-order valence-electron chi connectivity index (χ1n) is 4.03. The van der Waals surface area contributed by atoms with Crippen molar-refractivity contribution in [2.75, 3.05) is 12.5 Å². The Kier molecular flexibility index (Phi) is 4.02. The van der Waals surface area contributed by atoms with Gasteiger partial charge in [0.05, 0.1) is 0 Å². The molecule has 0 aliphatic carbocycles. The van der Waals surface area contributed by atoms with Crippen molar-refractivity contribution in [2.24, 2.45) is 0 Å². The van der Waals surface area contributed by atoms with Crippen LogP contribution in [0.25, 0.3) is 0 Å². The van der Waals surface area contributed by atoms with Crippen molar-refractivity contribution in [1.82, 2.24) is 0 Å². The molecule has 1 aromatic carbocycles. The Bertz CT molecular complexity index is 234. The van der Waals surface area contributed by atoms with Crippen molar-refractivity contribution >= 4 is 23.5 Å². The van der Waals surface area contributed by atoms with Crippen LogP contribution >= 0.6 is 23.5 Å². The van der Waals surface area contributed by atoms with Crippen LogP contribution in [0.2, 0.25) is 0 Å². The maximum absolute atomic E-state index is 2.21. The third-order valence-corrected chi connectivity index (χ3v) is 3.66. The lowest BCUT2D eigenvalue weighted by Crippen LogP contribution is -1.86. The number of rotatable bonds is 3. The lowest BCUT2D eigenvalue weighted by Gasteiger charge is -2.08. The average Bonchev–Trinajstić information content (AvgIpc) is 2.16. The summed E-state index contributed by atoms with van der Waals surface area (Å²) in [6.45, 7) is 2.21. The number of benzene rings is 1. The molecule has 1 aromatic rings. The van der Waals surface area contributed by atoms with Crippen LogP contribution in [0.15, 0.2) is 28.0 Å². The van der Waals surface area contributed by atoms with Crippen LogP contribution < -0.4 is 0 Å². The molecule has 0 aliphatic rings. The van der Waals surface area contributed by atoms with Gasteiger partial charge < -0.3 is 0 Å². The van der Waals surface area contributed by atoms with Crippen LogP contribution in [0, 0.1) is 0 Å². The molecule has 0 saturated carbocycles. The zero-order valence-electron chi connectivity index (χ0n) is 7.76. The molecule has 0 radical (unpaired) electrons. The summed E-state index contributed by atoms with van der Waals surface area (Å²) in [6, 6.07) is 6.55. The second kappa shape index (κ2) is 4.83. The van der Waals surface area contributed by atoms with Gasteiger partial charge in [-0.1, -0.05) is 19.1 Å². The van der Waals surface area contributed by atoms with Crippen LogP contribution in [-0.2, 0) is 6.42 Å². The largest absolute Gasteiger partial charge is 0.128 e. The Morgan fingerprint density at radius 3 is 2.42 bits per heavy atom. The van der Waals surface area contributed by atoms with Crippen LogP contribution in [0.3, 0.4) is 0 Å². The molecule has 0 atom stereocenters. The highest BCUT2D eigenvalue weighted by Crippen LogP contribution is 2.31. The lowest BCUT2D eigenvalue weighted by molar-refractivity contribution is 1.04. The summed E-state index contributed by atoms with van der Waals surface area (Å²) in [5, 5.41) is 0. The molecule has 0 saturated heterocycles. The molecule has 0 aliphatic heterocycles. The number of thioether (sulfide) groups is 2. The standard InChI is InChI=1S/C10H14S2/c1-4-8-6-5-7-9(11-2)10(8)12-3/h5-7H,4H2,1-3H3. The Morgan fingerprint density at radius 1 is 1.17 bits per heavy atom. The van der Waals surface area contributed by atoms with E-state index in [1.165, 1.54) is 15.4 Å². The van der Waals surface area contributed by atoms with E-state index in [9.17, 15) is 0 Å². The molecule has 0 bridgehead atoms. The molecule has 12 heavy (non-hydrogen) atoms. The minimum absolute atomic E-state index is 1.13. The molecule has 0 spiro atoms. The highest BCUT2D eigenvalue weighted by Gasteiger charge is 2.03. The van der Waals surface area contributed by atoms with E-state index in [2.05, 4.69) is 37.6 Å². The molecule has 0 nitrogen and oxygen atoms in total. The molecule has 66 valence electrons. The van der Waals surface area contributed by atoms with Gasteiger partial charge in [-0.2, -0.15) is 0 Å². The average molecular weight is 198 g/mol. The molecule has 1 rings (SSSR count). The number of aryl methyl sites for hydroxylation is 1. The summed E-state index contributed by atoms with van der Waals surface area (Å²) in [4.78, 5) is 2.86. The van der Waals surface area contributed by atoms with Crippen LogP contribution in [0.1, 0.15) is 12.5 Å². The van der Waals surface area contributed by atoms with Gasteiger partial charge in [0.15, 0.2) is 0 Å². The first-order chi connectivity index (χ1) is 5.83. The summed E-state index contributed by atoms with van der Waals surface area (Å²) in [5.41, 5.74) is 1.47. The fraction of sp³-hybridized carbons (Fsp3) is 0.400. The first-order valence-corrected chi connectivity index (χ1v) is 6.48. The van der Waals surface area contributed by atoms with Gasteiger partial charge in [0.25, 0.3) is 0 Å². The molecule has 0 fully saturated rings. The predicted octanol–water partition coefficient (Wildman–Crippen LogP) is 3.69. The van der Waals surface area contributed by atoms with Crippen molar-refractivity contribution in [1.29, 1.82) is 0 Å². The summed E-state index contributed by atoms with van der Waals surface area (Å²) >= 11 is 3.68. The minimum atomic E-state index is 1.13. The van der Waals surface area contributed by atoms with Gasteiger partial charge in [-0.15, -0.1) is 23.5 Å². The third kappa shape index (κ3) is 1.99. The Balaban J connectivity index is 3.13. The summed E-state index contributed by atoms with van der Waals surface area (Å²) in [5.74, 6) is 0. The first kappa shape index (κ1) is 10.0. The van der Waals surface area contributed by atoms with Gasteiger partial charge in [0.2, 0.25) is 0 Å². The Morgan fingerprint density at radius 2 is 1.92 bits per heavy atom. The third-order valence-electron chi connectivity index (χ3n) is 1.87. The molecular weight excluding hydrogens is 184 g/mol. The molecule has 0 N–H and O–H groups in total. The maximum atomic E-state index is 2.21. The van der Waals surface area contributed by atoms with E-state index in [4.69, 9.17) is 0 Å². The molecule has 0 amide bonds. The molecule has 0 heterocycles. The normalized spacial score (nSPS) is 10.2. The number of hydrogen-bond acceptors (Lipinski definition) is 2. The van der Waals surface area contributed by atoms with E-state index in [1.54, 1.807) is 0 Å². The minimum Gasteiger partial charge on any atom is -0.128 e. The van der Waals surface area contributed by atoms with Gasteiger partial charge in [0.1, 0.15) is 0 Å². The van der Waals surface area contributed by atoms with Crippen molar-refractivity contribution < 1.29 is 0 Å². The van der Waals surface area contributed by atoms with Crippen molar-refractivity contribution in [3.63, 3.8) is 0 Å². The molecule has 0 aromatic heterocycles. The van der Waals surface area contributed by atoms with E-state index in [0.717, 1.165) is 6.42 Å². The highest BCUT2D eigenvalue weighted by molar-refractivity contribution is 8.01. The smallest absolute Gasteiger partial charge is 0.0237 e. The second-order valence-corrected chi connectivity index (χ2v) is 4.17. The zero-order valence-corrected chi connectivity index (χ0v) is 9.39. The van der Waals surface area contributed by atoms with Crippen molar-refractivity contribution in [2.45, 2.75) is 23.1 Å². The van der Waals surface area contributed by atoms with Crippen molar-refractivity contribution in [3.05, 3.63) is 23.8 Å². The van der Waals surface area contributed by atoms with Gasteiger partial charge in [-0.05, 0) is 30.6 Å². The lowest BCUT2D eigenvalue weighted by atomic mass is 10.2. The summed E-state index contributed by atoms with van der Waals surface area (Å²) < 4.78 is 0. The maximum Gasteiger partial charge on any atom is 0.0237 e. The number of hydrogen-bond donors (Lipinski definition) is 0. The van der Waals surface area contributed by atoms with E-state index in [0.29, 0.717) is 0 Å². The van der Waals surface area contributed by atoms with E-state index in [-0.39, 0.29) is 0 Å². The van der Waals surface area contributed by atoms with Gasteiger partial charge in [-0.25, -0.2) is 0 Å². The predicted molar refractivity (Wildman–Crippen MR) is 59.4 cm³/mol. The highest BCUT2D eigenvalue weighted by atomic mass is 32.2. The Labute approximate surface area is 83.1 Å². The molecular formula is C10H14S2. The molecule has 0 unspecified atom stereocenters. The quantitative estimate of drug-likeness (QED) is 0.679. The van der Waals surface area contributed by atoms with E-state index >= 15 is 0 Å². The van der Waals surface area contributed by atoms with Crippen LogP contribution in [-0.4, -0.2) is 12.5 Å². The zero-order chi connectivity index (χ0) is 8.97. The summed E-state index contributed by atoms with van der Waals surface area (Å²) in [7, 11) is 0.